The number of ether oxygens (including phenoxy) is 1. The molecule has 0 aliphatic rings. The first kappa shape index (κ1) is 14.0. The Morgan fingerprint density at radius 2 is 2.12 bits per heavy atom. The fraction of sp³-hybridized carbons (Fsp3) is 0.571. The fourth-order valence-corrected chi connectivity index (χ4v) is 1.89. The number of benzene rings is 1. The predicted octanol–water partition coefficient (Wildman–Crippen LogP) is 2.21. The van der Waals surface area contributed by atoms with Crippen molar-refractivity contribution in [2.24, 2.45) is 0 Å². The second-order valence-electron chi connectivity index (χ2n) is 4.58. The van der Waals surface area contributed by atoms with E-state index in [4.69, 9.17) is 4.74 Å². The summed E-state index contributed by atoms with van der Waals surface area (Å²) in [4.78, 5) is 0. The zero-order chi connectivity index (χ0) is 12.9. The highest BCUT2D eigenvalue weighted by molar-refractivity contribution is 5.40. The van der Waals surface area contributed by atoms with Gasteiger partial charge in [0.1, 0.15) is 5.75 Å². The number of hydrogen-bond donors (Lipinski definition) is 2. The third-order valence-electron chi connectivity index (χ3n) is 2.97. The molecule has 0 fully saturated rings. The van der Waals surface area contributed by atoms with Crippen molar-refractivity contribution in [3.8, 4) is 5.75 Å². The van der Waals surface area contributed by atoms with Crippen LogP contribution < -0.4 is 10.1 Å². The van der Waals surface area contributed by atoms with Crippen LogP contribution in [0.25, 0.3) is 0 Å². The number of rotatable bonds is 6. The van der Waals surface area contributed by atoms with Gasteiger partial charge >= 0.3 is 0 Å². The molecule has 1 atom stereocenters. The normalized spacial score (nSPS) is 14.4. The lowest BCUT2D eigenvalue weighted by Crippen LogP contribution is -2.28. The Hall–Kier alpha value is -1.06. The van der Waals surface area contributed by atoms with E-state index in [1.165, 1.54) is 0 Å². The van der Waals surface area contributed by atoms with Gasteiger partial charge in [-0.2, -0.15) is 0 Å². The molecular formula is C14H23NO2. The molecule has 0 radical (unpaired) electrons. The van der Waals surface area contributed by atoms with Gasteiger partial charge in [0.15, 0.2) is 0 Å². The Kier molecular flexibility index (Phi) is 4.97. The van der Waals surface area contributed by atoms with E-state index in [1.54, 1.807) is 7.11 Å². The minimum absolute atomic E-state index is 0.667. The average Bonchev–Trinajstić information content (AvgIpc) is 2.29. The van der Waals surface area contributed by atoms with Crippen molar-refractivity contribution >= 4 is 0 Å². The predicted molar refractivity (Wildman–Crippen MR) is 70.5 cm³/mol. The molecule has 1 rings (SSSR count). The summed E-state index contributed by atoms with van der Waals surface area (Å²) in [6.45, 7) is 7.62. The second kappa shape index (κ2) is 6.03. The summed E-state index contributed by atoms with van der Waals surface area (Å²) in [6, 6.07) is 5.89. The molecule has 1 unspecified atom stereocenters. The maximum absolute atomic E-state index is 10.5. The molecule has 1 aromatic carbocycles. The summed E-state index contributed by atoms with van der Waals surface area (Å²) < 4.78 is 5.31. The van der Waals surface area contributed by atoms with Crippen molar-refractivity contribution in [2.45, 2.75) is 32.8 Å². The van der Waals surface area contributed by atoms with Crippen molar-refractivity contribution in [1.82, 2.24) is 5.32 Å². The number of hydrogen-bond acceptors (Lipinski definition) is 3. The minimum Gasteiger partial charge on any atom is -0.496 e. The van der Waals surface area contributed by atoms with Crippen LogP contribution in [0.3, 0.4) is 0 Å². The molecule has 3 nitrogen and oxygen atoms in total. The van der Waals surface area contributed by atoms with E-state index in [1.807, 2.05) is 32.0 Å². The number of nitrogens with one attached hydrogen (secondary N) is 1. The second-order valence-corrected chi connectivity index (χ2v) is 4.58. The van der Waals surface area contributed by atoms with Crippen LogP contribution in [0.4, 0.5) is 0 Å². The molecule has 0 heterocycles. The molecule has 0 bridgehead atoms. The Labute approximate surface area is 104 Å². The lowest BCUT2D eigenvalue weighted by Gasteiger charge is -2.26. The first-order valence-corrected chi connectivity index (χ1v) is 6.09. The topological polar surface area (TPSA) is 41.5 Å². The molecule has 0 aliphatic carbocycles. The summed E-state index contributed by atoms with van der Waals surface area (Å²) >= 11 is 0. The van der Waals surface area contributed by atoms with Gasteiger partial charge in [-0.3, -0.25) is 0 Å². The Bertz CT molecular complexity index is 361. The van der Waals surface area contributed by atoms with Gasteiger partial charge in [0.2, 0.25) is 0 Å². The zero-order valence-electron chi connectivity index (χ0n) is 11.2. The monoisotopic (exact) mass is 237 g/mol. The van der Waals surface area contributed by atoms with Gasteiger partial charge in [0.05, 0.1) is 12.7 Å². The summed E-state index contributed by atoms with van der Waals surface area (Å²) in [6.07, 6.45) is 0.667. The van der Waals surface area contributed by atoms with E-state index in [9.17, 15) is 5.11 Å². The molecule has 96 valence electrons. The van der Waals surface area contributed by atoms with Crippen LogP contribution in [-0.2, 0) is 5.60 Å². The molecule has 0 saturated carbocycles. The van der Waals surface area contributed by atoms with Gasteiger partial charge in [0, 0.05) is 5.56 Å². The van der Waals surface area contributed by atoms with E-state index >= 15 is 0 Å². The fourth-order valence-electron chi connectivity index (χ4n) is 1.89. The molecular weight excluding hydrogens is 214 g/mol. The Morgan fingerprint density at radius 3 is 2.71 bits per heavy atom. The van der Waals surface area contributed by atoms with E-state index < -0.39 is 5.60 Å². The quantitative estimate of drug-likeness (QED) is 0.745. The number of aryl methyl sites for hydroxylation is 1. The first-order chi connectivity index (χ1) is 8.01. The molecule has 2 N–H and O–H groups in total. The smallest absolute Gasteiger partial charge is 0.124 e. The van der Waals surface area contributed by atoms with Gasteiger partial charge in [-0.1, -0.05) is 18.6 Å². The molecule has 0 aromatic heterocycles. The van der Waals surface area contributed by atoms with Crippen molar-refractivity contribution in [3.05, 3.63) is 29.3 Å². The van der Waals surface area contributed by atoms with Crippen molar-refractivity contribution in [2.75, 3.05) is 20.2 Å². The van der Waals surface area contributed by atoms with E-state index in [-0.39, 0.29) is 0 Å². The summed E-state index contributed by atoms with van der Waals surface area (Å²) in [7, 11) is 1.63. The summed E-state index contributed by atoms with van der Waals surface area (Å²) in [5.74, 6) is 0.747. The van der Waals surface area contributed by atoms with Gasteiger partial charge in [-0.15, -0.1) is 0 Å². The lowest BCUT2D eigenvalue weighted by molar-refractivity contribution is 0.0456. The molecule has 0 spiro atoms. The molecule has 0 saturated heterocycles. The molecule has 1 aromatic rings. The van der Waals surface area contributed by atoms with Crippen LogP contribution in [0.2, 0.25) is 0 Å². The van der Waals surface area contributed by atoms with E-state index in [0.717, 1.165) is 30.0 Å². The van der Waals surface area contributed by atoms with Crippen molar-refractivity contribution < 1.29 is 9.84 Å². The van der Waals surface area contributed by atoms with Crippen LogP contribution in [0.1, 0.15) is 31.4 Å². The minimum atomic E-state index is -0.862. The van der Waals surface area contributed by atoms with Gasteiger partial charge in [-0.05, 0) is 45.5 Å². The third kappa shape index (κ3) is 3.72. The SMILES string of the molecule is CCNCCC(C)(O)c1cc(C)ccc1OC. The number of methoxy groups -OCH3 is 1. The standard InChI is InChI=1S/C14H23NO2/c1-5-15-9-8-14(3,16)12-10-11(2)6-7-13(12)17-4/h6-7,10,15-16H,5,8-9H2,1-4H3. The van der Waals surface area contributed by atoms with Crippen LogP contribution >= 0.6 is 0 Å². The van der Waals surface area contributed by atoms with Gasteiger partial charge < -0.3 is 15.2 Å². The largest absolute Gasteiger partial charge is 0.496 e. The molecule has 0 aliphatic heterocycles. The molecule has 0 amide bonds. The van der Waals surface area contributed by atoms with Crippen molar-refractivity contribution in [3.63, 3.8) is 0 Å². The molecule has 3 heteroatoms. The third-order valence-corrected chi connectivity index (χ3v) is 2.97. The van der Waals surface area contributed by atoms with E-state index in [0.29, 0.717) is 6.42 Å². The highest BCUT2D eigenvalue weighted by atomic mass is 16.5. The van der Waals surface area contributed by atoms with E-state index in [2.05, 4.69) is 12.2 Å². The summed E-state index contributed by atoms with van der Waals surface area (Å²) in [5.41, 5.74) is 1.13. The van der Waals surface area contributed by atoms with Crippen LogP contribution in [-0.4, -0.2) is 25.3 Å². The van der Waals surface area contributed by atoms with Gasteiger partial charge in [0.25, 0.3) is 0 Å². The Morgan fingerprint density at radius 1 is 1.41 bits per heavy atom. The van der Waals surface area contributed by atoms with Gasteiger partial charge in [-0.25, -0.2) is 0 Å². The average molecular weight is 237 g/mol. The molecule has 17 heavy (non-hydrogen) atoms. The summed E-state index contributed by atoms with van der Waals surface area (Å²) in [5, 5.41) is 13.8. The highest BCUT2D eigenvalue weighted by Gasteiger charge is 2.26. The Balaban J connectivity index is 2.91. The number of aliphatic hydroxyl groups is 1. The maximum atomic E-state index is 10.5. The highest BCUT2D eigenvalue weighted by Crippen LogP contribution is 2.32. The maximum Gasteiger partial charge on any atom is 0.124 e. The van der Waals surface area contributed by atoms with Crippen LogP contribution in [0, 0.1) is 6.92 Å². The zero-order valence-corrected chi connectivity index (χ0v) is 11.2. The van der Waals surface area contributed by atoms with Crippen LogP contribution in [0.5, 0.6) is 5.75 Å². The van der Waals surface area contributed by atoms with Crippen molar-refractivity contribution in [1.29, 1.82) is 0 Å². The van der Waals surface area contributed by atoms with Crippen LogP contribution in [0.15, 0.2) is 18.2 Å². The first-order valence-electron chi connectivity index (χ1n) is 6.09. The lowest BCUT2D eigenvalue weighted by atomic mass is 9.90.